The number of hydrogen-bond donors (Lipinski definition) is 1. The fourth-order valence-corrected chi connectivity index (χ4v) is 4.01. The zero-order valence-electron chi connectivity index (χ0n) is 28.0. The van der Waals surface area contributed by atoms with Crippen LogP contribution in [0.5, 0.6) is 23.3 Å². The number of aromatic hydroxyl groups is 1. The monoisotopic (exact) mass is 742 g/mol. The molecule has 6 aromatic rings. The van der Waals surface area contributed by atoms with Gasteiger partial charge in [0.15, 0.2) is 12.6 Å². The van der Waals surface area contributed by atoms with Gasteiger partial charge < -0.3 is 39.7 Å². The average molecular weight is 743 g/mol. The average Bonchev–Trinajstić information content (AvgIpc) is 3.82. The third-order valence-electron chi connectivity index (χ3n) is 6.00. The van der Waals surface area contributed by atoms with Crippen molar-refractivity contribution in [3.05, 3.63) is 108 Å². The molecule has 0 saturated carbocycles. The van der Waals surface area contributed by atoms with Crippen molar-refractivity contribution in [1.29, 1.82) is 0 Å². The van der Waals surface area contributed by atoms with Crippen molar-refractivity contribution in [1.82, 2.24) is 28.7 Å². The largest absolute Gasteiger partial charge is 1.00 e. The number of alkyl halides is 1. The Morgan fingerprint density at radius 1 is 0.816 bits per heavy atom. The summed E-state index contributed by atoms with van der Waals surface area (Å²) in [7, 11) is 2.93. The topological polar surface area (TPSA) is 192 Å². The molecule has 0 saturated heterocycles. The number of aldehydes is 2. The molecule has 246 valence electrons. The quantitative estimate of drug-likeness (QED) is 0.0533. The van der Waals surface area contributed by atoms with Crippen molar-refractivity contribution >= 4 is 41.9 Å². The van der Waals surface area contributed by atoms with Crippen molar-refractivity contribution in [2.24, 2.45) is 0 Å². The molecule has 0 bridgehead atoms. The Labute approximate surface area is 371 Å². The van der Waals surface area contributed by atoms with E-state index < -0.39 is 0 Å². The molecule has 0 atom stereocenters. The van der Waals surface area contributed by atoms with Crippen LogP contribution in [0.25, 0.3) is 11.3 Å². The Hall–Kier alpha value is -2.79. The number of hydrogen-bond acceptors (Lipinski definition) is 13. The summed E-state index contributed by atoms with van der Waals surface area (Å²) in [6, 6.07) is 10.7. The van der Waals surface area contributed by atoms with E-state index in [0.717, 1.165) is 28.7 Å². The van der Waals surface area contributed by atoms with Crippen molar-refractivity contribution in [3.63, 3.8) is 0 Å². The summed E-state index contributed by atoms with van der Waals surface area (Å²) in [5.74, 6) is 1.48. The van der Waals surface area contributed by atoms with Gasteiger partial charge in [0, 0.05) is 60.4 Å². The van der Waals surface area contributed by atoms with Crippen LogP contribution < -0.4 is 122 Å². The van der Waals surface area contributed by atoms with E-state index in [1.54, 1.807) is 18.5 Å². The first-order valence-electron chi connectivity index (χ1n) is 13.3. The van der Waals surface area contributed by atoms with Gasteiger partial charge in [-0.3, -0.25) is 14.4 Å². The molecule has 0 aliphatic heterocycles. The molecule has 49 heavy (non-hydrogen) atoms. The number of methoxy groups -OCH3 is 2. The van der Waals surface area contributed by atoms with Gasteiger partial charge in [0.05, 0.1) is 43.6 Å². The minimum atomic E-state index is -0.181. The third-order valence-corrected chi connectivity index (χ3v) is 6.29. The van der Waals surface area contributed by atoms with Crippen LogP contribution in [0.3, 0.4) is 0 Å². The molecule has 0 radical (unpaired) electrons. The maximum absolute atomic E-state index is 11.1. The molecule has 6 rings (SSSR count). The summed E-state index contributed by atoms with van der Waals surface area (Å²) >= 11 is 5.71. The molecule has 0 spiro atoms. The Kier molecular flexibility index (Phi) is 22.0. The van der Waals surface area contributed by atoms with Gasteiger partial charge in [0.2, 0.25) is 11.8 Å². The molecule has 0 aromatic carbocycles. The van der Waals surface area contributed by atoms with Crippen LogP contribution in [0.15, 0.2) is 86.0 Å². The van der Waals surface area contributed by atoms with E-state index in [-0.39, 0.29) is 122 Å². The second kappa shape index (κ2) is 24.4. The van der Waals surface area contributed by atoms with E-state index in [2.05, 4.69) is 24.8 Å². The maximum atomic E-state index is 11.1. The number of ether oxygens (including phenoxy) is 3. The molecule has 0 amide bonds. The fraction of sp³-hybridized carbons (Fsp3) is 0.129. The van der Waals surface area contributed by atoms with Gasteiger partial charge in [-0.1, -0.05) is 12.1 Å². The van der Waals surface area contributed by atoms with Gasteiger partial charge in [-0.15, -0.1) is 11.6 Å². The second-order valence-corrected chi connectivity index (χ2v) is 9.05. The molecule has 0 unspecified atom stereocenters. The fourth-order valence-electron chi connectivity index (χ4n) is 3.80. The maximum Gasteiger partial charge on any atom is 1.00 e. The minimum absolute atomic E-state index is 0. The summed E-state index contributed by atoms with van der Waals surface area (Å²) in [4.78, 5) is 48.8. The molecule has 6 aromatic heterocycles. The second-order valence-electron chi connectivity index (χ2n) is 8.78. The van der Waals surface area contributed by atoms with Crippen molar-refractivity contribution in [2.75, 3.05) is 14.2 Å². The van der Waals surface area contributed by atoms with Gasteiger partial charge in [0.1, 0.15) is 29.4 Å². The minimum Gasteiger partial charge on any atom is -1.00 e. The predicted molar refractivity (Wildman–Crippen MR) is 167 cm³/mol. The predicted octanol–water partition coefficient (Wildman–Crippen LogP) is -2.63. The Morgan fingerprint density at radius 2 is 1.33 bits per heavy atom. The van der Waals surface area contributed by atoms with Crippen LogP contribution in [-0.4, -0.2) is 67.1 Å². The molecule has 1 N–H and O–H groups in total. The molecule has 0 aliphatic carbocycles. The van der Waals surface area contributed by atoms with Gasteiger partial charge in [-0.2, -0.15) is 0 Å². The molecule has 15 nitrogen and oxygen atoms in total. The van der Waals surface area contributed by atoms with Crippen molar-refractivity contribution in [2.45, 2.75) is 12.5 Å². The number of aromatic nitrogens is 6. The molecule has 0 aliphatic rings. The first kappa shape index (κ1) is 44.2. The third kappa shape index (κ3) is 13.5. The van der Waals surface area contributed by atoms with Crippen LogP contribution in [0, 0.1) is 0 Å². The van der Waals surface area contributed by atoms with Crippen LogP contribution in [-0.2, 0) is 22.2 Å². The molecular weight excluding hydrogens is 714 g/mol. The van der Waals surface area contributed by atoms with Crippen molar-refractivity contribution < 1.29 is 148 Å². The normalized spacial score (nSPS) is 9.39. The van der Waals surface area contributed by atoms with Gasteiger partial charge in [-0.25, -0.2) is 19.9 Å². The number of imidazole rings is 2. The summed E-state index contributed by atoms with van der Waals surface area (Å²) in [6.07, 6.45) is 15.0. The first-order chi connectivity index (χ1) is 22.9. The summed E-state index contributed by atoms with van der Waals surface area (Å²) in [5, 5.41) is 17.4. The van der Waals surface area contributed by atoms with E-state index in [0.29, 0.717) is 41.8 Å². The standard InChI is InChI=1S/C15H13N3O3.C8H7ClN2.C7H7NO3.CH2O3.2K.H/c1-20-14-7-12(9-19)13(8-17-14)21-10-11-3-2-5-18-6-4-16-15(11)18;9-6-7-2-1-4-11-5-3-10-8(7)11;1-11-7-2-5(4-9)6(10)3-8-7;2-1-4-3;;;/h2-9H,10H2,1H3;1-5H,6H2;2-4,10H,1H3;1,3H;;;/q;;;;2*+1;-1/p-1. The first-order valence-corrected chi connectivity index (χ1v) is 13.9. The number of fused-ring (bicyclic) bond motifs is 2. The number of nitrogens with zero attached hydrogens (tertiary/aromatic N) is 6. The molecule has 0 fully saturated rings. The summed E-state index contributed by atoms with van der Waals surface area (Å²) in [5.41, 5.74) is 4.34. The Morgan fingerprint density at radius 3 is 1.84 bits per heavy atom. The van der Waals surface area contributed by atoms with Gasteiger partial charge >= 0.3 is 103 Å². The van der Waals surface area contributed by atoms with E-state index in [4.69, 9.17) is 41.0 Å². The molecule has 18 heteroatoms. The van der Waals surface area contributed by atoms with E-state index in [9.17, 15) is 9.59 Å². The van der Waals surface area contributed by atoms with E-state index >= 15 is 0 Å². The van der Waals surface area contributed by atoms with Crippen LogP contribution in [0.1, 0.15) is 33.3 Å². The zero-order chi connectivity index (χ0) is 34.0. The number of halogens is 1. The number of pyridine rings is 4. The SMILES string of the molecule is COc1cc(C=O)c(O)cn1.COc1cc(C=O)c(OCc2cccn3ccnc23)cn1.ClCc1cccn2ccnc12.O=CO[O-].[H-].[K+].[K+]. The Bertz CT molecular complexity index is 1920. The molecular formula is C31H29ClK2N6O9. The smallest absolute Gasteiger partial charge is 1.00 e. The summed E-state index contributed by atoms with van der Waals surface area (Å²) < 4.78 is 19.3. The van der Waals surface area contributed by atoms with Crippen LogP contribution in [0.4, 0.5) is 0 Å². The number of carbonyl (C=O) groups is 3. The number of carbonyl (C=O) groups excluding carboxylic acids is 3. The van der Waals surface area contributed by atoms with Crippen LogP contribution in [0.2, 0.25) is 0 Å². The van der Waals surface area contributed by atoms with E-state index in [1.807, 2.05) is 57.9 Å². The van der Waals surface area contributed by atoms with Gasteiger partial charge in [0.25, 0.3) is 6.47 Å². The van der Waals surface area contributed by atoms with E-state index in [1.165, 1.54) is 32.7 Å². The van der Waals surface area contributed by atoms with Gasteiger partial charge in [-0.05, 0) is 12.1 Å². The molecule has 6 heterocycles. The zero-order valence-corrected chi connectivity index (χ0v) is 34.0. The Balaban J connectivity index is 0.000000710. The summed E-state index contributed by atoms with van der Waals surface area (Å²) in [6.45, 7) is 0.121. The van der Waals surface area contributed by atoms with Crippen molar-refractivity contribution in [3.8, 4) is 23.3 Å². The number of rotatable bonds is 9. The van der Waals surface area contributed by atoms with Crippen LogP contribution >= 0.6 is 11.6 Å².